The predicted octanol–water partition coefficient (Wildman–Crippen LogP) is 5.13. The molecule has 0 fully saturated rings. The summed E-state index contributed by atoms with van der Waals surface area (Å²) in [6.07, 6.45) is -4.32. The molecule has 1 aromatic carbocycles. The van der Waals surface area contributed by atoms with Crippen molar-refractivity contribution < 1.29 is 13.2 Å². The van der Waals surface area contributed by atoms with Crippen molar-refractivity contribution in [1.82, 2.24) is 0 Å². The highest BCUT2D eigenvalue weighted by atomic mass is 79.9. The summed E-state index contributed by atoms with van der Waals surface area (Å²) >= 11 is 9.26. The first-order valence-electron chi connectivity index (χ1n) is 3.48. The van der Waals surface area contributed by atoms with Crippen molar-refractivity contribution in [1.29, 1.82) is 0 Å². The number of alkyl halides is 4. The molecule has 78 valence electrons. The van der Waals surface area contributed by atoms with Crippen molar-refractivity contribution >= 4 is 47.8 Å². The minimum absolute atomic E-state index is 0.0799. The molecule has 0 aliphatic heterocycles. The lowest BCUT2D eigenvalue weighted by atomic mass is 10.1. The third-order valence-electron chi connectivity index (χ3n) is 1.63. The van der Waals surface area contributed by atoms with E-state index in [2.05, 4.69) is 47.8 Å². The molecular weight excluding hydrogens is 393 g/mol. The molecule has 0 heterocycles. The highest BCUT2D eigenvalue weighted by Gasteiger charge is 2.33. The Balaban J connectivity index is 3.36. The molecule has 0 amide bonds. The number of rotatable bonds is 1. The Kier molecular flexibility index (Phi) is 4.05. The van der Waals surface area contributed by atoms with Crippen LogP contribution >= 0.6 is 47.8 Å². The van der Waals surface area contributed by atoms with E-state index in [9.17, 15) is 13.2 Å². The highest BCUT2D eigenvalue weighted by molar-refractivity contribution is 9.11. The maximum absolute atomic E-state index is 12.4. The van der Waals surface area contributed by atoms with Crippen LogP contribution in [0.25, 0.3) is 0 Å². The molecule has 0 aliphatic rings. The monoisotopic (exact) mass is 394 g/mol. The Bertz CT molecular complexity index is 346. The molecule has 0 radical (unpaired) electrons. The summed E-state index contributed by atoms with van der Waals surface area (Å²) in [7, 11) is 0. The summed E-state index contributed by atoms with van der Waals surface area (Å²) in [6.45, 7) is 0. The molecule has 0 unspecified atom stereocenters. The van der Waals surface area contributed by atoms with Crippen LogP contribution in [-0.4, -0.2) is 0 Å². The van der Waals surface area contributed by atoms with Crippen molar-refractivity contribution in [2.24, 2.45) is 0 Å². The van der Waals surface area contributed by atoms with E-state index >= 15 is 0 Å². The van der Waals surface area contributed by atoms with Crippen LogP contribution in [0.15, 0.2) is 21.1 Å². The van der Waals surface area contributed by atoms with Gasteiger partial charge in [-0.05, 0) is 33.6 Å². The van der Waals surface area contributed by atoms with Gasteiger partial charge in [0.25, 0.3) is 0 Å². The fourth-order valence-electron chi connectivity index (χ4n) is 0.939. The summed E-state index contributed by atoms with van der Waals surface area (Å²) in [4.78, 5) is 0. The Morgan fingerprint density at radius 2 is 1.71 bits per heavy atom. The summed E-state index contributed by atoms with van der Waals surface area (Å²) < 4.78 is 38.0. The lowest BCUT2D eigenvalue weighted by molar-refractivity contribution is -0.138. The van der Waals surface area contributed by atoms with E-state index in [0.29, 0.717) is 15.4 Å². The van der Waals surface area contributed by atoms with Gasteiger partial charge in [-0.2, -0.15) is 13.2 Å². The van der Waals surface area contributed by atoms with Gasteiger partial charge < -0.3 is 0 Å². The SMILES string of the molecule is FC(F)(F)c1ccc(Br)c(CBr)c1Br. The number of hydrogen-bond acceptors (Lipinski definition) is 0. The molecule has 0 aliphatic carbocycles. The Morgan fingerprint density at radius 3 is 2.14 bits per heavy atom. The number of hydrogen-bond donors (Lipinski definition) is 0. The van der Waals surface area contributed by atoms with E-state index in [1.165, 1.54) is 6.07 Å². The molecule has 0 saturated heterocycles. The minimum Gasteiger partial charge on any atom is -0.166 e. The van der Waals surface area contributed by atoms with Gasteiger partial charge in [-0.1, -0.05) is 31.9 Å². The molecule has 1 rings (SSSR count). The highest BCUT2D eigenvalue weighted by Crippen LogP contribution is 2.39. The zero-order chi connectivity index (χ0) is 10.9. The van der Waals surface area contributed by atoms with Crippen LogP contribution in [0.4, 0.5) is 13.2 Å². The lowest BCUT2D eigenvalue weighted by Gasteiger charge is -2.12. The average molecular weight is 397 g/mol. The standard InChI is InChI=1S/C8H4Br3F3/c9-3-4-6(10)2-1-5(7(4)11)8(12,13)14/h1-2H,3H2. The van der Waals surface area contributed by atoms with Gasteiger partial charge in [0.15, 0.2) is 0 Å². The fraction of sp³-hybridized carbons (Fsp3) is 0.250. The van der Waals surface area contributed by atoms with E-state index in [0.717, 1.165) is 6.07 Å². The summed E-state index contributed by atoms with van der Waals surface area (Å²) in [6, 6.07) is 2.44. The van der Waals surface area contributed by atoms with Gasteiger partial charge in [0.1, 0.15) is 0 Å². The second-order valence-electron chi connectivity index (χ2n) is 2.52. The van der Waals surface area contributed by atoms with Gasteiger partial charge in [0, 0.05) is 14.3 Å². The van der Waals surface area contributed by atoms with Crippen LogP contribution in [0.2, 0.25) is 0 Å². The van der Waals surface area contributed by atoms with Gasteiger partial charge in [0.2, 0.25) is 0 Å². The van der Waals surface area contributed by atoms with Crippen molar-refractivity contribution in [2.45, 2.75) is 11.5 Å². The van der Waals surface area contributed by atoms with E-state index in [1.807, 2.05) is 0 Å². The molecule has 0 aromatic heterocycles. The second kappa shape index (κ2) is 4.53. The smallest absolute Gasteiger partial charge is 0.166 e. The fourth-order valence-corrected chi connectivity index (χ4v) is 3.72. The molecule has 0 saturated carbocycles. The first-order chi connectivity index (χ1) is 6.38. The van der Waals surface area contributed by atoms with E-state index < -0.39 is 11.7 Å². The van der Waals surface area contributed by atoms with E-state index in [4.69, 9.17) is 0 Å². The van der Waals surface area contributed by atoms with Crippen LogP contribution in [0.5, 0.6) is 0 Å². The second-order valence-corrected chi connectivity index (χ2v) is 4.73. The minimum atomic E-state index is -4.32. The number of benzene rings is 1. The maximum atomic E-state index is 12.4. The molecule has 6 heteroatoms. The molecule has 0 nitrogen and oxygen atoms in total. The van der Waals surface area contributed by atoms with Crippen molar-refractivity contribution in [3.05, 3.63) is 32.2 Å². The molecule has 1 aromatic rings. The molecule has 0 atom stereocenters. The Morgan fingerprint density at radius 1 is 1.14 bits per heavy atom. The summed E-state index contributed by atoms with van der Waals surface area (Å²) in [5.41, 5.74) is -0.102. The third-order valence-corrected chi connectivity index (χ3v) is 3.83. The van der Waals surface area contributed by atoms with Gasteiger partial charge in [-0.25, -0.2) is 0 Å². The topological polar surface area (TPSA) is 0 Å². The lowest BCUT2D eigenvalue weighted by Crippen LogP contribution is -2.07. The van der Waals surface area contributed by atoms with Gasteiger partial charge in [-0.15, -0.1) is 0 Å². The quantitative estimate of drug-likeness (QED) is 0.578. The van der Waals surface area contributed by atoms with Crippen LogP contribution in [0.3, 0.4) is 0 Å². The first kappa shape index (κ1) is 12.5. The zero-order valence-electron chi connectivity index (χ0n) is 6.63. The normalized spacial score (nSPS) is 11.9. The largest absolute Gasteiger partial charge is 0.417 e. The molecule has 0 bridgehead atoms. The van der Waals surface area contributed by atoms with E-state index in [1.54, 1.807) is 0 Å². The van der Waals surface area contributed by atoms with Crippen LogP contribution < -0.4 is 0 Å². The molecule has 0 N–H and O–H groups in total. The molecule has 14 heavy (non-hydrogen) atoms. The van der Waals surface area contributed by atoms with Gasteiger partial charge >= 0.3 is 6.18 Å². The van der Waals surface area contributed by atoms with Crippen LogP contribution in [0.1, 0.15) is 11.1 Å². The Labute approximate surface area is 104 Å². The summed E-state index contributed by atoms with van der Waals surface area (Å²) in [5.74, 6) is 0. The summed E-state index contributed by atoms with van der Waals surface area (Å²) in [5, 5.41) is 0.359. The van der Waals surface area contributed by atoms with Crippen molar-refractivity contribution in [3.8, 4) is 0 Å². The van der Waals surface area contributed by atoms with Crippen LogP contribution in [-0.2, 0) is 11.5 Å². The number of halogens is 6. The first-order valence-corrected chi connectivity index (χ1v) is 6.18. The van der Waals surface area contributed by atoms with Crippen LogP contribution in [0, 0.1) is 0 Å². The van der Waals surface area contributed by atoms with Gasteiger partial charge in [-0.3, -0.25) is 0 Å². The average Bonchev–Trinajstić information content (AvgIpc) is 2.02. The van der Waals surface area contributed by atoms with Gasteiger partial charge in [0.05, 0.1) is 5.56 Å². The maximum Gasteiger partial charge on any atom is 0.417 e. The van der Waals surface area contributed by atoms with E-state index in [-0.39, 0.29) is 4.47 Å². The zero-order valence-corrected chi connectivity index (χ0v) is 11.4. The third kappa shape index (κ3) is 2.52. The predicted molar refractivity (Wildman–Crippen MR) is 59.5 cm³/mol. The molecular formula is C8H4Br3F3. The van der Waals surface area contributed by atoms with Crippen molar-refractivity contribution in [3.63, 3.8) is 0 Å². The van der Waals surface area contributed by atoms with Crippen molar-refractivity contribution in [2.75, 3.05) is 0 Å². The molecule has 0 spiro atoms. The Hall–Kier alpha value is 0.450.